The van der Waals surface area contributed by atoms with E-state index in [1.165, 1.54) is 4.31 Å². The normalized spacial score (nSPS) is 18.4. The molecule has 1 atom stereocenters. The Bertz CT molecular complexity index is 1120. The van der Waals surface area contributed by atoms with E-state index in [0.717, 1.165) is 28.9 Å². The van der Waals surface area contributed by atoms with Crippen LogP contribution in [0, 0.1) is 19.8 Å². The number of carbonyl (C=O) groups excluding carboxylic acids is 1. The Hall–Kier alpha value is -2.58. The summed E-state index contributed by atoms with van der Waals surface area (Å²) in [5, 5.41) is 3.08. The molecule has 2 aliphatic rings. The summed E-state index contributed by atoms with van der Waals surface area (Å²) in [6, 6.07) is 10.8. The van der Waals surface area contributed by atoms with Crippen molar-refractivity contribution in [2.45, 2.75) is 51.0 Å². The second-order valence-electron chi connectivity index (χ2n) is 8.91. The first-order valence-electron chi connectivity index (χ1n) is 11.5. The van der Waals surface area contributed by atoms with Crippen LogP contribution in [0.25, 0.3) is 0 Å². The highest BCUT2D eigenvalue weighted by Crippen LogP contribution is 2.32. The molecule has 1 fully saturated rings. The third-order valence-electron chi connectivity index (χ3n) is 6.57. The molecule has 2 aromatic carbocycles. The van der Waals surface area contributed by atoms with Crippen LogP contribution >= 0.6 is 0 Å². The zero-order valence-electron chi connectivity index (χ0n) is 19.5. The lowest BCUT2D eigenvalue weighted by Gasteiger charge is -2.31. The van der Waals surface area contributed by atoms with Crippen molar-refractivity contribution in [3.63, 3.8) is 0 Å². The highest BCUT2D eigenvalue weighted by Gasteiger charge is 2.32. The molecule has 0 unspecified atom stereocenters. The quantitative estimate of drug-likeness (QED) is 0.717. The highest BCUT2D eigenvalue weighted by atomic mass is 32.2. The van der Waals surface area contributed by atoms with Crippen LogP contribution < -0.4 is 14.8 Å². The van der Waals surface area contributed by atoms with Gasteiger partial charge in [-0.05, 0) is 74.6 Å². The molecule has 0 radical (unpaired) electrons. The fraction of sp³-hybridized carbons (Fsp3) is 0.480. The van der Waals surface area contributed by atoms with Gasteiger partial charge in [-0.3, -0.25) is 4.79 Å². The standard InChI is InChI=1S/C25H32N2O5S/c1-17-5-7-22(15-18(17)2)33(29,30)27-11-9-20(10-12-27)25(28)26-19(3)21-6-8-23-24(16-21)32-14-4-13-31-23/h5-8,15-16,19-20H,4,9-14H2,1-3H3,(H,26,28)/t19-/m1/s1. The van der Waals surface area contributed by atoms with E-state index in [1.807, 2.05) is 45.0 Å². The van der Waals surface area contributed by atoms with Crippen LogP contribution in [0.2, 0.25) is 0 Å². The van der Waals surface area contributed by atoms with Crippen LogP contribution in [-0.4, -0.2) is 44.9 Å². The maximum Gasteiger partial charge on any atom is 0.243 e. The number of benzene rings is 2. The number of ether oxygens (including phenoxy) is 2. The van der Waals surface area contributed by atoms with Gasteiger partial charge in [-0.15, -0.1) is 0 Å². The van der Waals surface area contributed by atoms with Gasteiger partial charge in [0.05, 0.1) is 24.2 Å². The van der Waals surface area contributed by atoms with E-state index < -0.39 is 10.0 Å². The number of piperidine rings is 1. The van der Waals surface area contributed by atoms with E-state index in [0.29, 0.717) is 49.8 Å². The van der Waals surface area contributed by atoms with Crippen molar-refractivity contribution in [3.8, 4) is 11.5 Å². The maximum absolute atomic E-state index is 13.0. The van der Waals surface area contributed by atoms with Gasteiger partial charge in [0.25, 0.3) is 0 Å². The van der Waals surface area contributed by atoms with Crippen molar-refractivity contribution >= 4 is 15.9 Å². The summed E-state index contributed by atoms with van der Waals surface area (Å²) in [6.45, 7) is 7.74. The minimum atomic E-state index is -3.55. The summed E-state index contributed by atoms with van der Waals surface area (Å²) in [5.74, 6) is 1.18. The number of aryl methyl sites for hydroxylation is 2. The average Bonchev–Trinajstić information content (AvgIpc) is 3.05. The SMILES string of the molecule is Cc1ccc(S(=O)(=O)N2CCC(C(=O)N[C@H](C)c3ccc4c(c3)OCCCO4)CC2)cc1C. The third-order valence-corrected chi connectivity index (χ3v) is 8.47. The molecule has 0 aromatic heterocycles. The molecule has 8 heteroatoms. The fourth-order valence-electron chi connectivity index (χ4n) is 4.25. The van der Waals surface area contributed by atoms with Crippen LogP contribution in [0.15, 0.2) is 41.3 Å². The van der Waals surface area contributed by atoms with E-state index in [9.17, 15) is 13.2 Å². The molecule has 0 saturated carbocycles. The Kier molecular flexibility index (Phi) is 6.95. The van der Waals surface area contributed by atoms with Gasteiger partial charge in [-0.1, -0.05) is 12.1 Å². The van der Waals surface area contributed by atoms with Crippen LogP contribution in [0.4, 0.5) is 0 Å². The van der Waals surface area contributed by atoms with Gasteiger partial charge in [-0.2, -0.15) is 4.31 Å². The number of sulfonamides is 1. The Balaban J connectivity index is 1.35. The lowest BCUT2D eigenvalue weighted by Crippen LogP contribution is -2.43. The number of hydrogen-bond acceptors (Lipinski definition) is 5. The second-order valence-corrected chi connectivity index (χ2v) is 10.8. The van der Waals surface area contributed by atoms with E-state index in [2.05, 4.69) is 5.32 Å². The van der Waals surface area contributed by atoms with Crippen LogP contribution in [-0.2, 0) is 14.8 Å². The molecule has 33 heavy (non-hydrogen) atoms. The predicted octanol–water partition coefficient (Wildman–Crippen LogP) is 3.74. The Morgan fingerprint density at radius 3 is 2.39 bits per heavy atom. The molecule has 7 nitrogen and oxygen atoms in total. The van der Waals surface area contributed by atoms with Gasteiger partial charge in [0.1, 0.15) is 0 Å². The summed E-state index contributed by atoms with van der Waals surface area (Å²) in [7, 11) is -3.55. The van der Waals surface area contributed by atoms with Crippen LogP contribution in [0.5, 0.6) is 11.5 Å². The number of fused-ring (bicyclic) bond motifs is 1. The molecular formula is C25H32N2O5S. The number of nitrogens with zero attached hydrogens (tertiary/aromatic N) is 1. The van der Waals surface area contributed by atoms with E-state index in [4.69, 9.17) is 9.47 Å². The number of rotatable bonds is 5. The molecule has 0 spiro atoms. The second kappa shape index (κ2) is 9.73. The molecule has 4 rings (SSSR count). The molecule has 0 bridgehead atoms. The molecule has 2 aliphatic heterocycles. The predicted molar refractivity (Wildman–Crippen MR) is 126 cm³/mol. The maximum atomic E-state index is 13.0. The van der Waals surface area contributed by atoms with Crippen molar-refractivity contribution in [3.05, 3.63) is 53.1 Å². The summed E-state index contributed by atoms with van der Waals surface area (Å²) in [4.78, 5) is 13.2. The third kappa shape index (κ3) is 5.17. The Labute approximate surface area is 196 Å². The monoisotopic (exact) mass is 472 g/mol. The van der Waals surface area contributed by atoms with E-state index >= 15 is 0 Å². The van der Waals surface area contributed by atoms with Gasteiger partial charge < -0.3 is 14.8 Å². The molecule has 1 amide bonds. The zero-order valence-corrected chi connectivity index (χ0v) is 20.3. The highest BCUT2D eigenvalue weighted by molar-refractivity contribution is 7.89. The van der Waals surface area contributed by atoms with Crippen LogP contribution in [0.3, 0.4) is 0 Å². The lowest BCUT2D eigenvalue weighted by molar-refractivity contribution is -0.126. The summed E-state index contributed by atoms with van der Waals surface area (Å²) >= 11 is 0. The smallest absolute Gasteiger partial charge is 0.243 e. The fourth-order valence-corrected chi connectivity index (χ4v) is 5.80. The minimum absolute atomic E-state index is 0.0437. The molecule has 2 heterocycles. The van der Waals surface area contributed by atoms with Crippen molar-refractivity contribution in [1.29, 1.82) is 0 Å². The van der Waals surface area contributed by atoms with Gasteiger partial charge in [0.15, 0.2) is 11.5 Å². The molecule has 0 aliphatic carbocycles. The first-order chi connectivity index (χ1) is 15.8. The largest absolute Gasteiger partial charge is 0.490 e. The number of amides is 1. The number of nitrogens with one attached hydrogen (secondary N) is 1. The van der Waals surface area contributed by atoms with E-state index in [1.54, 1.807) is 12.1 Å². The Morgan fingerprint density at radius 2 is 1.70 bits per heavy atom. The summed E-state index contributed by atoms with van der Waals surface area (Å²) in [5.41, 5.74) is 2.96. The lowest BCUT2D eigenvalue weighted by atomic mass is 9.96. The van der Waals surface area contributed by atoms with Gasteiger partial charge in [-0.25, -0.2) is 8.42 Å². The zero-order chi connectivity index (χ0) is 23.6. The van der Waals surface area contributed by atoms with Gasteiger partial charge in [0, 0.05) is 25.4 Å². The van der Waals surface area contributed by atoms with Gasteiger partial charge >= 0.3 is 0 Å². The van der Waals surface area contributed by atoms with Crippen LogP contribution in [0.1, 0.15) is 48.9 Å². The van der Waals surface area contributed by atoms with Crippen molar-refractivity contribution in [1.82, 2.24) is 9.62 Å². The van der Waals surface area contributed by atoms with Crippen molar-refractivity contribution in [2.24, 2.45) is 5.92 Å². The van der Waals surface area contributed by atoms with Crippen molar-refractivity contribution < 1.29 is 22.7 Å². The molecular weight excluding hydrogens is 440 g/mol. The minimum Gasteiger partial charge on any atom is -0.490 e. The van der Waals surface area contributed by atoms with E-state index in [-0.39, 0.29) is 17.9 Å². The number of carbonyl (C=O) groups is 1. The molecule has 178 valence electrons. The first-order valence-corrected chi connectivity index (χ1v) is 13.0. The molecule has 1 saturated heterocycles. The first kappa shape index (κ1) is 23.6. The van der Waals surface area contributed by atoms with Gasteiger partial charge in [0.2, 0.25) is 15.9 Å². The Morgan fingerprint density at radius 1 is 1.00 bits per heavy atom. The van der Waals surface area contributed by atoms with Crippen molar-refractivity contribution in [2.75, 3.05) is 26.3 Å². The average molecular weight is 473 g/mol. The topological polar surface area (TPSA) is 84.9 Å². The summed E-state index contributed by atoms with van der Waals surface area (Å²) < 4.78 is 39.0. The summed E-state index contributed by atoms with van der Waals surface area (Å²) in [6.07, 6.45) is 1.85. The molecule has 1 N–H and O–H groups in total. The molecule has 2 aromatic rings. The number of hydrogen-bond donors (Lipinski definition) is 1.